The van der Waals surface area contributed by atoms with Crippen molar-refractivity contribution in [3.05, 3.63) is 108 Å². The van der Waals surface area contributed by atoms with Gasteiger partial charge in [0.05, 0.1) is 32.3 Å². The first-order valence-electron chi connectivity index (χ1n) is 19.7. The molecule has 55 heavy (non-hydrogen) atoms. The summed E-state index contributed by atoms with van der Waals surface area (Å²) in [6.07, 6.45) is 1.59. The summed E-state index contributed by atoms with van der Waals surface area (Å²) in [5, 5.41) is 2.05. The van der Waals surface area contributed by atoms with Gasteiger partial charge in [0.2, 0.25) is 0 Å². The van der Waals surface area contributed by atoms with E-state index in [0.29, 0.717) is 35.3 Å². The lowest BCUT2D eigenvalue weighted by atomic mass is 9.83. The molecular weight excluding hydrogens is 725 g/mol. The summed E-state index contributed by atoms with van der Waals surface area (Å²) >= 11 is 0. The van der Waals surface area contributed by atoms with E-state index >= 15 is 0 Å². The molecule has 0 spiro atoms. The summed E-state index contributed by atoms with van der Waals surface area (Å²) in [5.41, 5.74) is 0.607. The molecule has 0 heterocycles. The molecule has 3 atom stereocenters. The molecule has 0 aromatic heterocycles. The van der Waals surface area contributed by atoms with Gasteiger partial charge in [0.15, 0.2) is 20.9 Å². The Hall–Kier alpha value is -3.81. The summed E-state index contributed by atoms with van der Waals surface area (Å²) in [7, 11) is -2.22. The van der Waals surface area contributed by atoms with Crippen molar-refractivity contribution < 1.29 is 37.4 Å². The molecule has 296 valence electrons. The van der Waals surface area contributed by atoms with Crippen LogP contribution in [0.3, 0.4) is 0 Å². The SMILES string of the molecule is C=C(COCOc1ccc(OC)cc1)[C@@]1(O[Si](CC)(CC)CC)[C@@H]2CC[C@H]1C(=O)/C2=C(/CCO[Si](c1ccccc1)(c1ccccc1)C(C)(C)C)C(=O)OC. The van der Waals surface area contributed by atoms with Crippen molar-refractivity contribution in [2.75, 3.05) is 34.2 Å². The van der Waals surface area contributed by atoms with Crippen LogP contribution in [0.5, 0.6) is 11.5 Å². The van der Waals surface area contributed by atoms with Crippen LogP contribution in [0.2, 0.25) is 23.2 Å². The van der Waals surface area contributed by atoms with Crippen LogP contribution in [-0.4, -0.2) is 68.2 Å². The van der Waals surface area contributed by atoms with Gasteiger partial charge in [-0.2, -0.15) is 0 Å². The molecular formula is C45H60O8Si2. The van der Waals surface area contributed by atoms with E-state index in [1.165, 1.54) is 7.11 Å². The fourth-order valence-corrected chi connectivity index (χ4v) is 16.7. The fourth-order valence-electron chi connectivity index (χ4n) is 9.04. The van der Waals surface area contributed by atoms with Crippen molar-refractivity contribution in [2.24, 2.45) is 11.8 Å². The topological polar surface area (TPSA) is 89.5 Å². The van der Waals surface area contributed by atoms with E-state index in [1.807, 2.05) is 36.4 Å². The zero-order chi connectivity index (χ0) is 39.9. The lowest BCUT2D eigenvalue weighted by Gasteiger charge is -2.44. The average Bonchev–Trinajstić information content (AvgIpc) is 3.68. The molecule has 0 saturated heterocycles. The van der Waals surface area contributed by atoms with Crippen LogP contribution in [0.1, 0.15) is 60.8 Å². The van der Waals surface area contributed by atoms with Crippen molar-refractivity contribution in [2.45, 2.75) is 89.6 Å². The second-order valence-corrected chi connectivity index (χ2v) is 24.7. The number of rotatable bonds is 19. The van der Waals surface area contributed by atoms with Crippen molar-refractivity contribution in [3.8, 4) is 11.5 Å². The minimum atomic E-state index is -2.90. The molecule has 2 bridgehead atoms. The molecule has 10 heteroatoms. The molecule has 2 fully saturated rings. The van der Waals surface area contributed by atoms with Gasteiger partial charge in [0.1, 0.15) is 11.5 Å². The van der Waals surface area contributed by atoms with Crippen LogP contribution < -0.4 is 19.8 Å². The van der Waals surface area contributed by atoms with Crippen LogP contribution in [0.25, 0.3) is 0 Å². The molecule has 0 radical (unpaired) electrons. The Balaban J connectivity index is 1.50. The van der Waals surface area contributed by atoms with Crippen LogP contribution in [0.15, 0.2) is 108 Å². The highest BCUT2D eigenvalue weighted by molar-refractivity contribution is 6.99. The van der Waals surface area contributed by atoms with Gasteiger partial charge in [0.25, 0.3) is 8.32 Å². The third kappa shape index (κ3) is 8.21. The lowest BCUT2D eigenvalue weighted by molar-refractivity contribution is -0.136. The Morgan fingerprint density at radius 1 is 0.818 bits per heavy atom. The highest BCUT2D eigenvalue weighted by Crippen LogP contribution is 2.60. The van der Waals surface area contributed by atoms with Crippen LogP contribution >= 0.6 is 0 Å². The van der Waals surface area contributed by atoms with Gasteiger partial charge < -0.3 is 27.8 Å². The molecule has 3 aromatic rings. The molecule has 0 unspecified atom stereocenters. The summed E-state index contributed by atoms with van der Waals surface area (Å²) < 4.78 is 37.4. The monoisotopic (exact) mass is 784 g/mol. The number of Topliss-reactive ketones (excluding diaryl/α,β-unsaturated/α-hetero) is 1. The molecule has 0 amide bonds. The van der Waals surface area contributed by atoms with Crippen molar-refractivity contribution in [1.29, 1.82) is 0 Å². The van der Waals surface area contributed by atoms with E-state index in [0.717, 1.165) is 34.3 Å². The number of ether oxygens (including phenoxy) is 4. The Bertz CT molecular complexity index is 1750. The molecule has 8 nitrogen and oxygen atoms in total. The zero-order valence-corrected chi connectivity index (χ0v) is 36.1. The van der Waals surface area contributed by atoms with Crippen molar-refractivity contribution in [1.82, 2.24) is 0 Å². The Morgan fingerprint density at radius 2 is 1.36 bits per heavy atom. The molecule has 2 saturated carbocycles. The Labute approximate surface area is 330 Å². The minimum absolute atomic E-state index is 0.00168. The third-order valence-corrected chi connectivity index (χ3v) is 21.7. The van der Waals surface area contributed by atoms with Crippen LogP contribution in [-0.2, 0) is 27.9 Å². The Morgan fingerprint density at radius 3 is 1.87 bits per heavy atom. The second kappa shape index (κ2) is 18.0. The largest absolute Gasteiger partial charge is 0.497 e. The van der Waals surface area contributed by atoms with Gasteiger partial charge in [-0.05, 0) is 76.2 Å². The van der Waals surface area contributed by atoms with Crippen LogP contribution in [0.4, 0.5) is 0 Å². The number of methoxy groups -OCH3 is 2. The van der Waals surface area contributed by atoms with E-state index in [9.17, 15) is 9.59 Å². The maximum Gasteiger partial charge on any atom is 0.334 e. The molecule has 2 aliphatic carbocycles. The van der Waals surface area contributed by atoms with Gasteiger partial charge in [-0.3, -0.25) is 4.79 Å². The number of fused-ring (bicyclic) bond motifs is 2. The van der Waals surface area contributed by atoms with Gasteiger partial charge in [-0.25, -0.2) is 4.79 Å². The number of esters is 1. The zero-order valence-electron chi connectivity index (χ0n) is 34.1. The number of hydrogen-bond acceptors (Lipinski definition) is 8. The minimum Gasteiger partial charge on any atom is -0.497 e. The lowest BCUT2D eigenvalue weighted by Crippen LogP contribution is -2.66. The first kappa shape index (κ1) is 42.3. The van der Waals surface area contributed by atoms with Crippen molar-refractivity contribution >= 4 is 38.8 Å². The van der Waals surface area contributed by atoms with Crippen LogP contribution in [0, 0.1) is 11.8 Å². The summed E-state index contributed by atoms with van der Waals surface area (Å²) in [4.78, 5) is 28.6. The molecule has 3 aromatic carbocycles. The van der Waals surface area contributed by atoms with Gasteiger partial charge in [-0.1, -0.05) is 109 Å². The third-order valence-electron chi connectivity index (χ3n) is 12.1. The van der Waals surface area contributed by atoms with E-state index in [4.69, 9.17) is 27.8 Å². The van der Waals surface area contributed by atoms with Gasteiger partial charge >= 0.3 is 5.97 Å². The van der Waals surface area contributed by atoms with Crippen molar-refractivity contribution in [3.63, 3.8) is 0 Å². The number of carbonyl (C=O) groups excluding carboxylic acids is 2. The van der Waals surface area contributed by atoms with E-state index in [2.05, 4.69) is 96.7 Å². The maximum atomic E-state index is 14.8. The summed E-state index contributed by atoms with van der Waals surface area (Å²) in [6, 6.07) is 30.9. The predicted octanol–water partition coefficient (Wildman–Crippen LogP) is 8.41. The summed E-state index contributed by atoms with van der Waals surface area (Å²) in [5.74, 6) is -0.000123. The molecule has 2 aliphatic rings. The predicted molar refractivity (Wildman–Crippen MR) is 223 cm³/mol. The van der Waals surface area contributed by atoms with Gasteiger partial charge in [0, 0.05) is 30.1 Å². The number of hydrogen-bond donors (Lipinski definition) is 0. The first-order chi connectivity index (χ1) is 26.4. The smallest absolute Gasteiger partial charge is 0.334 e. The Kier molecular flexibility index (Phi) is 13.8. The highest BCUT2D eigenvalue weighted by Gasteiger charge is 2.66. The standard InChI is InChI=1S/C45H60O8Si2/c1-10-54(11-2,12-3)53-45(33(4)31-50-32-51-35-25-23-34(48-8)24-26-35)39-27-28-40(45)42(46)41(39)38(43(47)49-9)29-30-52-55(44(5,6)7,36-19-15-13-16-20-36)37-21-17-14-18-22-37/h13-26,39-40H,4,10-12,27-32H2,1-3,5-9H3/b41-38-/t39-,40+,45-/m1/s1. The maximum absolute atomic E-state index is 14.8. The first-order valence-corrected chi connectivity index (χ1v) is 24.1. The van der Waals surface area contributed by atoms with E-state index in [-0.39, 0.29) is 43.2 Å². The average molecular weight is 785 g/mol. The summed E-state index contributed by atoms with van der Waals surface area (Å²) in [6.45, 7) is 18.2. The van der Waals surface area contributed by atoms with Gasteiger partial charge in [-0.15, -0.1) is 0 Å². The molecule has 5 rings (SSSR count). The molecule has 0 N–H and O–H groups in total. The molecule has 0 aliphatic heterocycles. The quantitative estimate of drug-likeness (QED) is 0.0299. The fraction of sp³-hybridized carbons (Fsp3) is 0.467. The normalized spacial score (nSPS) is 20.7. The highest BCUT2D eigenvalue weighted by atomic mass is 28.4. The second-order valence-electron chi connectivity index (χ2n) is 15.7. The number of benzene rings is 3. The number of ketones is 1. The van der Waals surface area contributed by atoms with E-state index in [1.54, 1.807) is 7.11 Å². The van der Waals surface area contributed by atoms with E-state index < -0.39 is 34.1 Å². The number of carbonyl (C=O) groups is 2.